The predicted octanol–water partition coefficient (Wildman–Crippen LogP) is 2.93. The number of aromatic nitrogens is 4. The van der Waals surface area contributed by atoms with Crippen LogP contribution in [0, 0.1) is 0 Å². The second-order valence-corrected chi connectivity index (χ2v) is 6.73. The highest BCUT2D eigenvalue weighted by Gasteiger charge is 2.16. The van der Waals surface area contributed by atoms with Gasteiger partial charge >= 0.3 is 11.8 Å². The zero-order valence-electron chi connectivity index (χ0n) is 17.1. The SMILES string of the molecule is COc1ccc(CNC(=O)c2nc(-c3ccc(Cn4ccnc4)cc3)no2)cc1OC. The number of nitrogens with one attached hydrogen (secondary N) is 1. The monoisotopic (exact) mass is 419 g/mol. The number of carbonyl (C=O) groups excluding carboxylic acids is 1. The summed E-state index contributed by atoms with van der Waals surface area (Å²) < 4.78 is 17.6. The van der Waals surface area contributed by atoms with Gasteiger partial charge in [0.1, 0.15) is 0 Å². The molecule has 0 radical (unpaired) electrons. The molecule has 31 heavy (non-hydrogen) atoms. The smallest absolute Gasteiger partial charge is 0.316 e. The average Bonchev–Trinajstić information content (AvgIpc) is 3.50. The van der Waals surface area contributed by atoms with Crippen LogP contribution >= 0.6 is 0 Å². The third-order valence-corrected chi connectivity index (χ3v) is 4.66. The molecule has 158 valence electrons. The maximum Gasteiger partial charge on any atom is 0.316 e. The summed E-state index contributed by atoms with van der Waals surface area (Å²) in [7, 11) is 3.13. The number of benzene rings is 2. The van der Waals surface area contributed by atoms with Gasteiger partial charge in [-0.1, -0.05) is 35.5 Å². The van der Waals surface area contributed by atoms with Gasteiger partial charge in [-0.3, -0.25) is 4.79 Å². The minimum absolute atomic E-state index is 0.0991. The van der Waals surface area contributed by atoms with Crippen molar-refractivity contribution in [3.05, 3.63) is 78.2 Å². The number of rotatable bonds is 8. The Balaban J connectivity index is 1.38. The molecule has 2 aromatic heterocycles. The highest BCUT2D eigenvalue weighted by Crippen LogP contribution is 2.27. The standard InChI is InChI=1S/C22H21N5O4/c1-29-18-8-5-16(11-19(18)30-2)12-24-21(28)22-25-20(26-31-22)17-6-3-15(4-7-17)13-27-10-9-23-14-27/h3-11,14H,12-13H2,1-2H3,(H,24,28). The van der Waals surface area contributed by atoms with Gasteiger partial charge in [0, 0.05) is 31.0 Å². The largest absolute Gasteiger partial charge is 0.493 e. The van der Waals surface area contributed by atoms with E-state index in [1.165, 1.54) is 0 Å². The van der Waals surface area contributed by atoms with E-state index in [1.807, 2.05) is 41.1 Å². The Labute approximate surface area is 178 Å². The third kappa shape index (κ3) is 4.72. The maximum atomic E-state index is 12.4. The first-order valence-electron chi connectivity index (χ1n) is 9.54. The number of ether oxygens (including phenoxy) is 2. The van der Waals surface area contributed by atoms with Crippen LogP contribution in [0.3, 0.4) is 0 Å². The van der Waals surface area contributed by atoms with Crippen molar-refractivity contribution >= 4 is 5.91 Å². The summed E-state index contributed by atoms with van der Waals surface area (Å²) in [5, 5.41) is 6.68. The van der Waals surface area contributed by atoms with E-state index in [-0.39, 0.29) is 12.4 Å². The number of hydrogen-bond acceptors (Lipinski definition) is 7. The van der Waals surface area contributed by atoms with Crippen LogP contribution in [0.25, 0.3) is 11.4 Å². The molecule has 0 saturated heterocycles. The molecule has 0 aliphatic carbocycles. The molecular formula is C22H21N5O4. The fourth-order valence-electron chi connectivity index (χ4n) is 3.03. The second kappa shape index (κ2) is 9.12. The molecule has 0 bridgehead atoms. The zero-order valence-corrected chi connectivity index (χ0v) is 17.1. The number of amides is 1. The summed E-state index contributed by atoms with van der Waals surface area (Å²) >= 11 is 0. The van der Waals surface area contributed by atoms with E-state index < -0.39 is 5.91 Å². The Morgan fingerprint density at radius 2 is 1.84 bits per heavy atom. The van der Waals surface area contributed by atoms with Gasteiger partial charge < -0.3 is 23.9 Å². The van der Waals surface area contributed by atoms with Crippen molar-refractivity contribution in [2.45, 2.75) is 13.1 Å². The molecule has 2 aromatic carbocycles. The van der Waals surface area contributed by atoms with E-state index in [0.29, 0.717) is 17.3 Å². The highest BCUT2D eigenvalue weighted by atomic mass is 16.5. The fourth-order valence-corrected chi connectivity index (χ4v) is 3.03. The molecule has 0 fully saturated rings. The fraction of sp³-hybridized carbons (Fsp3) is 0.182. The van der Waals surface area contributed by atoms with Crippen LogP contribution in [0.4, 0.5) is 0 Å². The second-order valence-electron chi connectivity index (χ2n) is 6.73. The summed E-state index contributed by atoms with van der Waals surface area (Å²) in [5.41, 5.74) is 2.72. The first-order chi connectivity index (χ1) is 15.2. The van der Waals surface area contributed by atoms with E-state index >= 15 is 0 Å². The summed E-state index contributed by atoms with van der Waals surface area (Å²) in [6, 6.07) is 13.1. The summed E-state index contributed by atoms with van der Waals surface area (Å²) in [5.74, 6) is 1.01. The van der Waals surface area contributed by atoms with Gasteiger partial charge in [0.2, 0.25) is 5.82 Å². The lowest BCUT2D eigenvalue weighted by molar-refractivity contribution is 0.0907. The van der Waals surface area contributed by atoms with E-state index in [2.05, 4.69) is 20.4 Å². The molecule has 0 aliphatic rings. The van der Waals surface area contributed by atoms with E-state index in [9.17, 15) is 4.79 Å². The van der Waals surface area contributed by atoms with Gasteiger partial charge in [-0.05, 0) is 23.3 Å². The summed E-state index contributed by atoms with van der Waals surface area (Å²) in [6.45, 7) is 0.996. The quantitative estimate of drug-likeness (QED) is 0.468. The van der Waals surface area contributed by atoms with Crippen molar-refractivity contribution < 1.29 is 18.8 Å². The Hall–Kier alpha value is -4.14. The number of hydrogen-bond donors (Lipinski definition) is 1. The molecule has 1 N–H and O–H groups in total. The average molecular weight is 419 g/mol. The molecule has 9 nitrogen and oxygen atoms in total. The predicted molar refractivity (Wildman–Crippen MR) is 112 cm³/mol. The van der Waals surface area contributed by atoms with Crippen LogP contribution in [0.1, 0.15) is 21.8 Å². The Kier molecular flexibility index (Phi) is 5.93. The van der Waals surface area contributed by atoms with Gasteiger partial charge in [-0.2, -0.15) is 4.98 Å². The maximum absolute atomic E-state index is 12.4. The van der Waals surface area contributed by atoms with Gasteiger partial charge in [-0.15, -0.1) is 0 Å². The molecule has 0 atom stereocenters. The topological polar surface area (TPSA) is 104 Å². The Bertz CT molecular complexity index is 1150. The molecule has 0 aliphatic heterocycles. The van der Waals surface area contributed by atoms with E-state index in [1.54, 1.807) is 38.9 Å². The number of carbonyl (C=O) groups is 1. The number of imidazole rings is 1. The Morgan fingerprint density at radius 1 is 1.06 bits per heavy atom. The van der Waals surface area contributed by atoms with Crippen molar-refractivity contribution in [2.75, 3.05) is 14.2 Å². The molecule has 9 heteroatoms. The van der Waals surface area contributed by atoms with Crippen molar-refractivity contribution in [2.24, 2.45) is 0 Å². The summed E-state index contributed by atoms with van der Waals surface area (Å²) in [4.78, 5) is 20.6. The van der Waals surface area contributed by atoms with Crippen LogP contribution in [0.2, 0.25) is 0 Å². The van der Waals surface area contributed by atoms with Crippen LogP contribution in [0.5, 0.6) is 11.5 Å². The zero-order chi connectivity index (χ0) is 21.6. The van der Waals surface area contributed by atoms with Crippen LogP contribution in [-0.2, 0) is 13.1 Å². The lowest BCUT2D eigenvalue weighted by Gasteiger charge is -2.09. The molecule has 0 spiro atoms. The lowest BCUT2D eigenvalue weighted by atomic mass is 10.1. The molecular weight excluding hydrogens is 398 g/mol. The normalized spacial score (nSPS) is 10.6. The number of methoxy groups -OCH3 is 2. The molecule has 2 heterocycles. The van der Waals surface area contributed by atoms with Crippen molar-refractivity contribution in [1.29, 1.82) is 0 Å². The molecule has 0 saturated carbocycles. The van der Waals surface area contributed by atoms with Gasteiger partial charge in [0.15, 0.2) is 11.5 Å². The molecule has 1 amide bonds. The van der Waals surface area contributed by atoms with Crippen LogP contribution in [0.15, 0.2) is 65.7 Å². The Morgan fingerprint density at radius 3 is 2.55 bits per heavy atom. The van der Waals surface area contributed by atoms with Crippen molar-refractivity contribution in [3.63, 3.8) is 0 Å². The third-order valence-electron chi connectivity index (χ3n) is 4.66. The molecule has 4 rings (SSSR count). The van der Waals surface area contributed by atoms with Crippen LogP contribution < -0.4 is 14.8 Å². The lowest BCUT2D eigenvalue weighted by Crippen LogP contribution is -2.23. The minimum Gasteiger partial charge on any atom is -0.493 e. The van der Waals surface area contributed by atoms with Gasteiger partial charge in [0.05, 0.1) is 20.5 Å². The first-order valence-corrected chi connectivity index (χ1v) is 9.54. The van der Waals surface area contributed by atoms with Gasteiger partial charge in [0.25, 0.3) is 0 Å². The minimum atomic E-state index is -0.453. The number of nitrogens with zero attached hydrogens (tertiary/aromatic N) is 4. The van der Waals surface area contributed by atoms with E-state index in [0.717, 1.165) is 23.2 Å². The highest BCUT2D eigenvalue weighted by molar-refractivity contribution is 5.89. The van der Waals surface area contributed by atoms with Gasteiger partial charge in [-0.25, -0.2) is 4.98 Å². The van der Waals surface area contributed by atoms with Crippen LogP contribution in [-0.4, -0.2) is 39.8 Å². The van der Waals surface area contributed by atoms with Crippen molar-refractivity contribution in [1.82, 2.24) is 25.0 Å². The first kappa shape index (κ1) is 20.1. The van der Waals surface area contributed by atoms with Crippen molar-refractivity contribution in [3.8, 4) is 22.9 Å². The summed E-state index contributed by atoms with van der Waals surface area (Å²) in [6.07, 6.45) is 5.41. The van der Waals surface area contributed by atoms with E-state index in [4.69, 9.17) is 14.0 Å². The molecule has 4 aromatic rings. The molecule has 0 unspecified atom stereocenters.